The van der Waals surface area contributed by atoms with Gasteiger partial charge in [-0.05, 0) is 13.0 Å². The second kappa shape index (κ2) is 5.01. The van der Waals surface area contributed by atoms with Crippen molar-refractivity contribution in [1.29, 1.82) is 0 Å². The van der Waals surface area contributed by atoms with Gasteiger partial charge < -0.3 is 10.5 Å². The van der Waals surface area contributed by atoms with Crippen molar-refractivity contribution in [2.24, 2.45) is 0 Å². The van der Waals surface area contributed by atoms with E-state index in [1.54, 1.807) is 6.92 Å². The Morgan fingerprint density at radius 1 is 1.65 bits per heavy atom. The van der Waals surface area contributed by atoms with Gasteiger partial charge in [0.05, 0.1) is 18.5 Å². The third kappa shape index (κ3) is 2.16. The average Bonchev–Trinajstić information content (AvgIpc) is 2.68. The normalized spacial score (nSPS) is 10.0. The van der Waals surface area contributed by atoms with Gasteiger partial charge in [0.1, 0.15) is 11.1 Å². The first-order chi connectivity index (χ1) is 7.65. The molecular weight excluding hydrogens is 249 g/mol. The van der Waals surface area contributed by atoms with Crippen molar-refractivity contribution in [2.75, 3.05) is 12.3 Å². The molecule has 0 atom stereocenters. The molecular formula is C10H11ClFN3O2. The molecule has 0 saturated heterocycles. The number of carbonyl (C=O) groups excluding carboxylic acids is 1. The van der Waals surface area contributed by atoms with Crippen LogP contribution in [0.3, 0.4) is 0 Å². The van der Waals surface area contributed by atoms with Gasteiger partial charge in [-0.15, -0.1) is 12.4 Å². The molecule has 0 aromatic carbocycles. The summed E-state index contributed by atoms with van der Waals surface area (Å²) in [5.74, 6) is -1.27. The standard InChI is InChI=1S/C10H10FN3O2.ClH/c1-2-16-10(15)6-5-13-14-4-3-7(12)8(11)9(6)14;/h3-5H,2,12H2,1H3;1H. The number of halogens is 2. The summed E-state index contributed by atoms with van der Waals surface area (Å²) in [4.78, 5) is 11.5. The van der Waals surface area contributed by atoms with E-state index < -0.39 is 11.8 Å². The van der Waals surface area contributed by atoms with Gasteiger partial charge in [0, 0.05) is 6.20 Å². The summed E-state index contributed by atoms with van der Waals surface area (Å²) in [6.07, 6.45) is 2.74. The van der Waals surface area contributed by atoms with Crippen molar-refractivity contribution in [3.05, 3.63) is 29.8 Å². The number of nitrogens with two attached hydrogens (primary N) is 1. The highest BCUT2D eigenvalue weighted by Crippen LogP contribution is 2.20. The van der Waals surface area contributed by atoms with Crippen molar-refractivity contribution in [1.82, 2.24) is 9.61 Å². The van der Waals surface area contributed by atoms with Crippen molar-refractivity contribution >= 4 is 29.6 Å². The molecule has 0 aliphatic rings. The molecule has 0 bridgehead atoms. The second-order valence-electron chi connectivity index (χ2n) is 3.16. The summed E-state index contributed by atoms with van der Waals surface area (Å²) in [7, 11) is 0. The predicted octanol–water partition coefficient (Wildman–Crippen LogP) is 1.65. The summed E-state index contributed by atoms with van der Waals surface area (Å²) >= 11 is 0. The molecule has 92 valence electrons. The Hall–Kier alpha value is -1.82. The molecule has 0 unspecified atom stereocenters. The molecule has 2 heterocycles. The van der Waals surface area contributed by atoms with E-state index in [0.717, 1.165) is 0 Å². The molecule has 2 N–H and O–H groups in total. The molecule has 0 saturated carbocycles. The van der Waals surface area contributed by atoms with E-state index in [9.17, 15) is 9.18 Å². The van der Waals surface area contributed by atoms with Gasteiger partial charge in [-0.25, -0.2) is 13.7 Å². The highest BCUT2D eigenvalue weighted by Gasteiger charge is 2.18. The van der Waals surface area contributed by atoms with Crippen LogP contribution in [-0.4, -0.2) is 22.2 Å². The summed E-state index contributed by atoms with van der Waals surface area (Å²) in [5.41, 5.74) is 5.51. The number of fused-ring (bicyclic) bond motifs is 1. The van der Waals surface area contributed by atoms with Gasteiger partial charge in [0.15, 0.2) is 5.82 Å². The van der Waals surface area contributed by atoms with Crippen LogP contribution >= 0.6 is 12.4 Å². The highest BCUT2D eigenvalue weighted by molar-refractivity contribution is 5.97. The van der Waals surface area contributed by atoms with Crippen LogP contribution in [0.4, 0.5) is 10.1 Å². The first kappa shape index (κ1) is 13.2. The SMILES string of the molecule is CCOC(=O)c1cnn2ccc(N)c(F)c12.Cl. The number of ether oxygens (including phenoxy) is 1. The zero-order valence-corrected chi connectivity index (χ0v) is 9.83. The molecule has 17 heavy (non-hydrogen) atoms. The maximum atomic E-state index is 13.7. The molecule has 0 spiro atoms. The molecule has 7 heteroatoms. The largest absolute Gasteiger partial charge is 0.462 e. The fraction of sp³-hybridized carbons (Fsp3) is 0.200. The van der Waals surface area contributed by atoms with Gasteiger partial charge in [0.25, 0.3) is 0 Å². The third-order valence-electron chi connectivity index (χ3n) is 2.15. The number of nitrogen functional groups attached to an aromatic ring is 1. The molecule has 0 radical (unpaired) electrons. The predicted molar refractivity (Wildman–Crippen MR) is 62.8 cm³/mol. The third-order valence-corrected chi connectivity index (χ3v) is 2.15. The smallest absolute Gasteiger partial charge is 0.342 e. The number of aromatic nitrogens is 2. The van der Waals surface area contributed by atoms with Crippen molar-refractivity contribution in [3.63, 3.8) is 0 Å². The summed E-state index contributed by atoms with van der Waals surface area (Å²) in [6, 6.07) is 1.38. The molecule has 2 aromatic heterocycles. The van der Waals surface area contributed by atoms with Crippen molar-refractivity contribution < 1.29 is 13.9 Å². The van der Waals surface area contributed by atoms with E-state index in [-0.39, 0.29) is 35.8 Å². The fourth-order valence-electron chi connectivity index (χ4n) is 1.41. The lowest BCUT2D eigenvalue weighted by atomic mass is 10.2. The molecule has 5 nitrogen and oxygen atoms in total. The quantitative estimate of drug-likeness (QED) is 0.833. The van der Waals surface area contributed by atoms with Crippen LogP contribution in [0.25, 0.3) is 5.52 Å². The minimum Gasteiger partial charge on any atom is -0.462 e. The number of pyridine rings is 1. The lowest BCUT2D eigenvalue weighted by Crippen LogP contribution is -2.05. The van der Waals surface area contributed by atoms with Crippen LogP contribution in [0.15, 0.2) is 18.5 Å². The first-order valence-corrected chi connectivity index (χ1v) is 4.73. The number of hydrogen-bond acceptors (Lipinski definition) is 4. The molecule has 2 aromatic rings. The number of rotatable bonds is 2. The van der Waals surface area contributed by atoms with E-state index in [4.69, 9.17) is 10.5 Å². The van der Waals surface area contributed by atoms with Gasteiger partial charge in [0.2, 0.25) is 0 Å². The average molecular weight is 260 g/mol. The van der Waals surface area contributed by atoms with E-state index in [1.165, 1.54) is 23.0 Å². The van der Waals surface area contributed by atoms with Gasteiger partial charge in [-0.1, -0.05) is 0 Å². The number of nitrogens with zero attached hydrogens (tertiary/aromatic N) is 2. The first-order valence-electron chi connectivity index (χ1n) is 4.73. The minimum absolute atomic E-state index is 0. The molecule has 0 fully saturated rings. The lowest BCUT2D eigenvalue weighted by molar-refractivity contribution is 0.0528. The molecule has 0 aliphatic carbocycles. The zero-order valence-electron chi connectivity index (χ0n) is 9.01. The van der Waals surface area contributed by atoms with E-state index >= 15 is 0 Å². The molecule has 2 rings (SSSR count). The van der Waals surface area contributed by atoms with Crippen LogP contribution in [0.2, 0.25) is 0 Å². The number of hydrogen-bond donors (Lipinski definition) is 1. The lowest BCUT2D eigenvalue weighted by Gasteiger charge is -2.02. The Bertz CT molecular complexity index is 556. The van der Waals surface area contributed by atoms with Crippen LogP contribution in [0.5, 0.6) is 0 Å². The number of anilines is 1. The summed E-state index contributed by atoms with van der Waals surface area (Å²) in [5, 5.41) is 3.84. The second-order valence-corrected chi connectivity index (χ2v) is 3.16. The Balaban J connectivity index is 0.00000144. The fourth-order valence-corrected chi connectivity index (χ4v) is 1.41. The maximum absolute atomic E-state index is 13.7. The topological polar surface area (TPSA) is 69.6 Å². The minimum atomic E-state index is -0.664. The van der Waals surface area contributed by atoms with E-state index in [2.05, 4.69) is 5.10 Å². The number of esters is 1. The van der Waals surface area contributed by atoms with Crippen LogP contribution in [0.1, 0.15) is 17.3 Å². The van der Waals surface area contributed by atoms with Crippen LogP contribution in [-0.2, 0) is 4.74 Å². The Morgan fingerprint density at radius 2 is 2.35 bits per heavy atom. The van der Waals surface area contributed by atoms with Crippen molar-refractivity contribution in [2.45, 2.75) is 6.92 Å². The van der Waals surface area contributed by atoms with Gasteiger partial charge >= 0.3 is 5.97 Å². The Labute approximate surface area is 103 Å². The van der Waals surface area contributed by atoms with Crippen LogP contribution < -0.4 is 5.73 Å². The zero-order chi connectivity index (χ0) is 11.7. The monoisotopic (exact) mass is 259 g/mol. The molecule has 0 aliphatic heterocycles. The number of carbonyl (C=O) groups is 1. The Kier molecular flexibility index (Phi) is 3.90. The van der Waals surface area contributed by atoms with E-state index in [0.29, 0.717) is 0 Å². The van der Waals surface area contributed by atoms with Crippen molar-refractivity contribution in [3.8, 4) is 0 Å². The van der Waals surface area contributed by atoms with Gasteiger partial charge in [-0.2, -0.15) is 5.10 Å². The van der Waals surface area contributed by atoms with E-state index in [1.807, 2.05) is 0 Å². The maximum Gasteiger partial charge on any atom is 0.342 e. The Morgan fingerprint density at radius 3 is 3.00 bits per heavy atom. The van der Waals surface area contributed by atoms with Gasteiger partial charge in [-0.3, -0.25) is 0 Å². The molecule has 0 amide bonds. The van der Waals surface area contributed by atoms with Crippen LogP contribution in [0, 0.1) is 5.82 Å². The summed E-state index contributed by atoms with van der Waals surface area (Å²) in [6.45, 7) is 1.90. The summed E-state index contributed by atoms with van der Waals surface area (Å²) < 4.78 is 19.7. The highest BCUT2D eigenvalue weighted by atomic mass is 35.5.